The Balaban J connectivity index is 2.38. The van der Waals surface area contributed by atoms with Gasteiger partial charge in [0.25, 0.3) is 0 Å². The monoisotopic (exact) mass is 279 g/mol. The zero-order chi connectivity index (χ0) is 15.0. The Hall–Kier alpha value is -2.08. The number of hydrogen-bond donors (Lipinski definition) is 3. The number of rotatable bonds is 7. The molecule has 0 saturated carbocycles. The fourth-order valence-electron chi connectivity index (χ4n) is 1.75. The summed E-state index contributed by atoms with van der Waals surface area (Å²) >= 11 is 0. The largest absolute Gasteiger partial charge is 0.496 e. The lowest BCUT2D eigenvalue weighted by Gasteiger charge is -2.10. The van der Waals surface area contributed by atoms with Crippen molar-refractivity contribution in [1.82, 2.24) is 10.6 Å². The van der Waals surface area contributed by atoms with Gasteiger partial charge in [-0.3, -0.25) is 9.59 Å². The molecular weight excluding hydrogens is 258 g/mol. The van der Waals surface area contributed by atoms with E-state index in [0.29, 0.717) is 13.0 Å². The van der Waals surface area contributed by atoms with Gasteiger partial charge in [0, 0.05) is 6.54 Å². The Bertz CT molecular complexity index is 475. The minimum atomic E-state index is -0.347. The molecule has 20 heavy (non-hydrogen) atoms. The summed E-state index contributed by atoms with van der Waals surface area (Å²) in [6.45, 7) is 2.32. The second-order valence-electron chi connectivity index (χ2n) is 4.40. The van der Waals surface area contributed by atoms with Crippen LogP contribution in [-0.2, 0) is 16.0 Å². The highest BCUT2D eigenvalue weighted by Gasteiger charge is 2.06. The highest BCUT2D eigenvalue weighted by Crippen LogP contribution is 2.19. The predicted octanol–water partition coefficient (Wildman–Crippen LogP) is -0.263. The number of amides is 2. The molecule has 0 fully saturated rings. The van der Waals surface area contributed by atoms with Crippen LogP contribution in [0.4, 0.5) is 0 Å². The smallest absolute Gasteiger partial charge is 0.239 e. The van der Waals surface area contributed by atoms with Crippen molar-refractivity contribution in [3.8, 4) is 5.75 Å². The molecule has 0 aromatic heterocycles. The first-order valence-electron chi connectivity index (χ1n) is 6.43. The topological polar surface area (TPSA) is 93.5 Å². The minimum absolute atomic E-state index is 0.0546. The number of methoxy groups -OCH3 is 1. The number of aryl methyl sites for hydroxylation is 1. The number of benzene rings is 1. The van der Waals surface area contributed by atoms with Crippen LogP contribution in [-0.4, -0.2) is 38.6 Å². The molecular formula is C14H21N3O3. The lowest BCUT2D eigenvalue weighted by molar-refractivity contribution is -0.125. The molecule has 6 heteroatoms. The third kappa shape index (κ3) is 5.27. The average molecular weight is 279 g/mol. The molecule has 0 aliphatic rings. The fourth-order valence-corrected chi connectivity index (χ4v) is 1.75. The lowest BCUT2D eigenvalue weighted by atomic mass is 10.1. The first-order valence-corrected chi connectivity index (χ1v) is 6.43. The van der Waals surface area contributed by atoms with Crippen molar-refractivity contribution in [1.29, 1.82) is 0 Å². The Morgan fingerprint density at radius 1 is 1.25 bits per heavy atom. The van der Waals surface area contributed by atoms with Gasteiger partial charge in [-0.25, -0.2) is 0 Å². The second-order valence-corrected chi connectivity index (χ2v) is 4.40. The van der Waals surface area contributed by atoms with Gasteiger partial charge in [-0.2, -0.15) is 0 Å². The maximum Gasteiger partial charge on any atom is 0.239 e. The molecule has 1 rings (SSSR count). The molecule has 0 atom stereocenters. The van der Waals surface area contributed by atoms with E-state index in [-0.39, 0.29) is 24.9 Å². The highest BCUT2D eigenvalue weighted by molar-refractivity contribution is 5.85. The van der Waals surface area contributed by atoms with E-state index in [9.17, 15) is 9.59 Å². The summed E-state index contributed by atoms with van der Waals surface area (Å²) in [5.74, 6) is 0.222. The quantitative estimate of drug-likeness (QED) is 0.641. The summed E-state index contributed by atoms with van der Waals surface area (Å²) in [5, 5.41) is 5.14. The lowest BCUT2D eigenvalue weighted by Crippen LogP contribution is -2.40. The molecule has 0 aliphatic carbocycles. The van der Waals surface area contributed by atoms with E-state index in [2.05, 4.69) is 10.6 Å². The molecule has 0 spiro atoms. The van der Waals surface area contributed by atoms with Gasteiger partial charge in [-0.05, 0) is 25.0 Å². The summed E-state index contributed by atoms with van der Waals surface area (Å²) in [7, 11) is 1.62. The number of hydrogen-bond acceptors (Lipinski definition) is 4. The van der Waals surface area contributed by atoms with Gasteiger partial charge in [0.2, 0.25) is 11.8 Å². The normalized spacial score (nSPS) is 9.95. The standard InChI is InChI=1S/C14H21N3O3/c1-10-3-4-12(20-2)11(7-10)5-6-16-14(19)9-17-13(18)8-15/h3-4,7H,5-6,8-9,15H2,1-2H3,(H,16,19)(H,17,18). The molecule has 0 heterocycles. The highest BCUT2D eigenvalue weighted by atomic mass is 16.5. The van der Waals surface area contributed by atoms with Gasteiger partial charge in [0.05, 0.1) is 20.2 Å². The van der Waals surface area contributed by atoms with E-state index >= 15 is 0 Å². The van der Waals surface area contributed by atoms with Crippen LogP contribution in [0.3, 0.4) is 0 Å². The zero-order valence-electron chi connectivity index (χ0n) is 11.9. The Morgan fingerprint density at radius 2 is 2.00 bits per heavy atom. The van der Waals surface area contributed by atoms with E-state index in [1.807, 2.05) is 25.1 Å². The van der Waals surface area contributed by atoms with Gasteiger partial charge in [-0.1, -0.05) is 17.7 Å². The van der Waals surface area contributed by atoms with Crippen molar-refractivity contribution < 1.29 is 14.3 Å². The number of carbonyl (C=O) groups excluding carboxylic acids is 2. The Labute approximate surface area is 118 Å². The van der Waals surface area contributed by atoms with E-state index in [1.54, 1.807) is 7.11 Å². The SMILES string of the molecule is COc1ccc(C)cc1CCNC(=O)CNC(=O)CN. The van der Waals surface area contributed by atoms with Crippen molar-refractivity contribution in [3.63, 3.8) is 0 Å². The van der Waals surface area contributed by atoms with Crippen molar-refractivity contribution in [2.45, 2.75) is 13.3 Å². The molecule has 1 aromatic carbocycles. The van der Waals surface area contributed by atoms with Crippen LogP contribution in [0.2, 0.25) is 0 Å². The predicted molar refractivity (Wildman–Crippen MR) is 76.5 cm³/mol. The maximum absolute atomic E-state index is 11.5. The molecule has 0 radical (unpaired) electrons. The summed E-state index contributed by atoms with van der Waals surface area (Å²) < 4.78 is 5.27. The van der Waals surface area contributed by atoms with Crippen LogP contribution in [0.25, 0.3) is 0 Å². The molecule has 4 N–H and O–H groups in total. The summed E-state index contributed by atoms with van der Waals surface area (Å²) in [6, 6.07) is 5.92. The van der Waals surface area contributed by atoms with Gasteiger partial charge in [-0.15, -0.1) is 0 Å². The Morgan fingerprint density at radius 3 is 2.65 bits per heavy atom. The van der Waals surface area contributed by atoms with Gasteiger partial charge < -0.3 is 21.1 Å². The summed E-state index contributed by atoms with van der Waals surface area (Å²) in [4.78, 5) is 22.4. The van der Waals surface area contributed by atoms with E-state index < -0.39 is 0 Å². The summed E-state index contributed by atoms with van der Waals surface area (Å²) in [5.41, 5.74) is 7.30. The van der Waals surface area contributed by atoms with Gasteiger partial charge in [0.15, 0.2) is 0 Å². The second kappa shape index (κ2) is 8.16. The first kappa shape index (κ1) is 16.0. The number of carbonyl (C=O) groups is 2. The number of nitrogens with two attached hydrogens (primary N) is 1. The number of nitrogens with one attached hydrogen (secondary N) is 2. The van der Waals surface area contributed by atoms with Crippen molar-refractivity contribution in [2.75, 3.05) is 26.7 Å². The van der Waals surface area contributed by atoms with E-state index in [0.717, 1.165) is 16.9 Å². The van der Waals surface area contributed by atoms with Gasteiger partial charge in [0.1, 0.15) is 5.75 Å². The molecule has 0 bridgehead atoms. The third-order valence-electron chi connectivity index (χ3n) is 2.78. The van der Waals surface area contributed by atoms with Crippen LogP contribution < -0.4 is 21.1 Å². The molecule has 110 valence electrons. The van der Waals surface area contributed by atoms with Crippen LogP contribution in [0.1, 0.15) is 11.1 Å². The molecule has 0 aliphatic heterocycles. The Kier molecular flexibility index (Phi) is 6.52. The molecule has 0 unspecified atom stereocenters. The molecule has 6 nitrogen and oxygen atoms in total. The molecule has 0 saturated heterocycles. The van der Waals surface area contributed by atoms with E-state index in [1.165, 1.54) is 0 Å². The molecule has 2 amide bonds. The molecule has 1 aromatic rings. The van der Waals surface area contributed by atoms with Crippen LogP contribution in [0.15, 0.2) is 18.2 Å². The van der Waals surface area contributed by atoms with E-state index in [4.69, 9.17) is 10.5 Å². The van der Waals surface area contributed by atoms with Gasteiger partial charge >= 0.3 is 0 Å². The summed E-state index contributed by atoms with van der Waals surface area (Å²) in [6.07, 6.45) is 0.668. The third-order valence-corrected chi connectivity index (χ3v) is 2.78. The zero-order valence-corrected chi connectivity index (χ0v) is 11.9. The fraction of sp³-hybridized carbons (Fsp3) is 0.429. The van der Waals surface area contributed by atoms with Crippen molar-refractivity contribution >= 4 is 11.8 Å². The minimum Gasteiger partial charge on any atom is -0.496 e. The van der Waals surface area contributed by atoms with Crippen LogP contribution in [0.5, 0.6) is 5.75 Å². The number of ether oxygens (including phenoxy) is 1. The van der Waals surface area contributed by atoms with Crippen molar-refractivity contribution in [3.05, 3.63) is 29.3 Å². The van der Waals surface area contributed by atoms with Crippen LogP contribution in [0, 0.1) is 6.92 Å². The van der Waals surface area contributed by atoms with Crippen LogP contribution >= 0.6 is 0 Å². The maximum atomic E-state index is 11.5. The first-order chi connectivity index (χ1) is 9.56. The van der Waals surface area contributed by atoms with Crippen molar-refractivity contribution in [2.24, 2.45) is 5.73 Å². The average Bonchev–Trinajstić information content (AvgIpc) is 2.45.